The van der Waals surface area contributed by atoms with E-state index in [0.717, 1.165) is 23.1 Å². The fourth-order valence-corrected chi connectivity index (χ4v) is 2.48. The zero-order valence-corrected chi connectivity index (χ0v) is 12.9. The number of benzene rings is 2. The summed E-state index contributed by atoms with van der Waals surface area (Å²) in [5.74, 6) is 1.10. The molecule has 0 aliphatic rings. The summed E-state index contributed by atoms with van der Waals surface area (Å²) in [6.07, 6.45) is 1.73. The maximum Gasteiger partial charge on any atom is 0.120 e. The van der Waals surface area contributed by atoms with Crippen molar-refractivity contribution in [3.63, 3.8) is 0 Å². The SMILES string of the molecule is OCC(CCOc1cccc(Br)c1)Cc1ccccc1. The lowest BCUT2D eigenvalue weighted by molar-refractivity contribution is 0.190. The summed E-state index contributed by atoms with van der Waals surface area (Å²) in [6.45, 7) is 0.811. The minimum atomic E-state index is 0.191. The largest absolute Gasteiger partial charge is 0.494 e. The van der Waals surface area contributed by atoms with Crippen LogP contribution < -0.4 is 4.74 Å². The van der Waals surface area contributed by atoms with Gasteiger partial charge < -0.3 is 9.84 Å². The molecule has 0 fully saturated rings. The molecule has 0 aliphatic carbocycles. The van der Waals surface area contributed by atoms with Crippen LogP contribution in [-0.2, 0) is 6.42 Å². The average Bonchev–Trinajstić information content (AvgIpc) is 2.47. The lowest BCUT2D eigenvalue weighted by atomic mass is 9.97. The standard InChI is InChI=1S/C17H19BrO2/c18-16-7-4-8-17(12-16)20-10-9-15(13-19)11-14-5-2-1-3-6-14/h1-8,12,15,19H,9-11,13H2. The highest BCUT2D eigenvalue weighted by atomic mass is 79.9. The van der Waals surface area contributed by atoms with Crippen LogP contribution in [0.1, 0.15) is 12.0 Å². The van der Waals surface area contributed by atoms with Crippen molar-refractivity contribution < 1.29 is 9.84 Å². The Morgan fingerprint density at radius 2 is 1.85 bits per heavy atom. The van der Waals surface area contributed by atoms with Crippen molar-refractivity contribution in [1.82, 2.24) is 0 Å². The number of aliphatic hydroxyl groups is 1. The van der Waals surface area contributed by atoms with E-state index in [0.29, 0.717) is 6.61 Å². The Hall–Kier alpha value is -1.32. The van der Waals surface area contributed by atoms with Gasteiger partial charge in [0, 0.05) is 11.1 Å². The molecule has 0 saturated carbocycles. The van der Waals surface area contributed by atoms with Crippen LogP contribution in [0.5, 0.6) is 5.75 Å². The summed E-state index contributed by atoms with van der Waals surface area (Å²) in [7, 11) is 0. The molecule has 0 spiro atoms. The molecular formula is C17H19BrO2. The van der Waals surface area contributed by atoms with Gasteiger partial charge in [-0.2, -0.15) is 0 Å². The van der Waals surface area contributed by atoms with E-state index in [1.807, 2.05) is 42.5 Å². The molecule has 2 aromatic rings. The van der Waals surface area contributed by atoms with Crippen molar-refractivity contribution >= 4 is 15.9 Å². The van der Waals surface area contributed by atoms with Crippen LogP contribution in [0.3, 0.4) is 0 Å². The van der Waals surface area contributed by atoms with Gasteiger partial charge in [-0.3, -0.25) is 0 Å². The van der Waals surface area contributed by atoms with E-state index in [4.69, 9.17) is 4.74 Å². The van der Waals surface area contributed by atoms with Crippen molar-refractivity contribution in [3.05, 3.63) is 64.6 Å². The maximum absolute atomic E-state index is 9.47. The molecule has 0 aliphatic heterocycles. The zero-order valence-electron chi connectivity index (χ0n) is 11.3. The second kappa shape index (κ2) is 8.08. The molecule has 0 aromatic heterocycles. The van der Waals surface area contributed by atoms with Crippen LogP contribution >= 0.6 is 15.9 Å². The van der Waals surface area contributed by atoms with Gasteiger partial charge in [-0.25, -0.2) is 0 Å². The fraction of sp³-hybridized carbons (Fsp3) is 0.294. The quantitative estimate of drug-likeness (QED) is 0.827. The average molecular weight is 335 g/mol. The molecule has 2 aromatic carbocycles. The van der Waals surface area contributed by atoms with E-state index < -0.39 is 0 Å². The lowest BCUT2D eigenvalue weighted by Crippen LogP contribution is -2.14. The van der Waals surface area contributed by atoms with Crippen molar-refractivity contribution in [1.29, 1.82) is 0 Å². The normalized spacial score (nSPS) is 12.1. The van der Waals surface area contributed by atoms with Crippen molar-refractivity contribution in [2.45, 2.75) is 12.8 Å². The number of halogens is 1. The van der Waals surface area contributed by atoms with E-state index in [9.17, 15) is 5.11 Å². The Morgan fingerprint density at radius 3 is 2.55 bits per heavy atom. The first-order chi connectivity index (χ1) is 9.78. The van der Waals surface area contributed by atoms with Crippen LogP contribution in [0.15, 0.2) is 59.1 Å². The van der Waals surface area contributed by atoms with E-state index in [-0.39, 0.29) is 12.5 Å². The number of hydrogen-bond acceptors (Lipinski definition) is 2. The van der Waals surface area contributed by atoms with Gasteiger partial charge in [-0.15, -0.1) is 0 Å². The zero-order chi connectivity index (χ0) is 14.2. The molecule has 1 N–H and O–H groups in total. The van der Waals surface area contributed by atoms with Gasteiger partial charge in [0.15, 0.2) is 0 Å². The minimum absolute atomic E-state index is 0.191. The second-order valence-corrected chi connectivity index (χ2v) is 5.75. The Labute approximate surface area is 128 Å². The molecule has 0 saturated heterocycles. The predicted molar refractivity (Wildman–Crippen MR) is 85.0 cm³/mol. The molecule has 1 unspecified atom stereocenters. The highest BCUT2D eigenvalue weighted by molar-refractivity contribution is 9.10. The molecule has 2 rings (SSSR count). The third-order valence-corrected chi connectivity index (χ3v) is 3.71. The van der Waals surface area contributed by atoms with Crippen molar-refractivity contribution in [2.75, 3.05) is 13.2 Å². The second-order valence-electron chi connectivity index (χ2n) is 4.83. The van der Waals surface area contributed by atoms with E-state index >= 15 is 0 Å². The van der Waals surface area contributed by atoms with Gasteiger partial charge in [0.25, 0.3) is 0 Å². The number of ether oxygens (including phenoxy) is 1. The first-order valence-electron chi connectivity index (χ1n) is 6.81. The van der Waals surface area contributed by atoms with Crippen molar-refractivity contribution in [3.8, 4) is 5.75 Å². The molecule has 3 heteroatoms. The predicted octanol–water partition coefficient (Wildman–Crippen LogP) is 4.07. The molecule has 0 amide bonds. The van der Waals surface area contributed by atoms with Crippen LogP contribution in [0, 0.1) is 5.92 Å². The molecule has 0 heterocycles. The molecule has 2 nitrogen and oxygen atoms in total. The molecule has 20 heavy (non-hydrogen) atoms. The first kappa shape index (κ1) is 15.1. The van der Waals surface area contributed by atoms with E-state index in [2.05, 4.69) is 28.1 Å². The molecular weight excluding hydrogens is 316 g/mol. The molecule has 106 valence electrons. The summed E-state index contributed by atoms with van der Waals surface area (Å²) >= 11 is 3.42. The van der Waals surface area contributed by atoms with Gasteiger partial charge in [-0.1, -0.05) is 52.3 Å². The summed E-state index contributed by atoms with van der Waals surface area (Å²) in [6, 6.07) is 18.1. The Kier molecular flexibility index (Phi) is 6.09. The van der Waals surface area contributed by atoms with Crippen LogP contribution in [0.25, 0.3) is 0 Å². The van der Waals surface area contributed by atoms with Gasteiger partial charge in [-0.05, 0) is 42.5 Å². The summed E-state index contributed by atoms with van der Waals surface area (Å²) < 4.78 is 6.73. The van der Waals surface area contributed by atoms with Gasteiger partial charge in [0.1, 0.15) is 5.75 Å². The third-order valence-electron chi connectivity index (χ3n) is 3.22. The first-order valence-corrected chi connectivity index (χ1v) is 7.60. The fourth-order valence-electron chi connectivity index (χ4n) is 2.11. The smallest absolute Gasteiger partial charge is 0.120 e. The molecule has 0 bridgehead atoms. The lowest BCUT2D eigenvalue weighted by Gasteiger charge is -2.15. The topological polar surface area (TPSA) is 29.5 Å². The number of aliphatic hydroxyl groups excluding tert-OH is 1. The Balaban J connectivity index is 1.79. The third kappa shape index (κ3) is 4.99. The maximum atomic E-state index is 9.47. The van der Waals surface area contributed by atoms with E-state index in [1.54, 1.807) is 0 Å². The van der Waals surface area contributed by atoms with Crippen molar-refractivity contribution in [2.24, 2.45) is 5.92 Å². The monoisotopic (exact) mass is 334 g/mol. The van der Waals surface area contributed by atoms with Crippen LogP contribution in [0.2, 0.25) is 0 Å². The number of hydrogen-bond donors (Lipinski definition) is 1. The van der Waals surface area contributed by atoms with Gasteiger partial charge in [0.05, 0.1) is 6.61 Å². The van der Waals surface area contributed by atoms with Crippen LogP contribution in [0.4, 0.5) is 0 Å². The highest BCUT2D eigenvalue weighted by Crippen LogP contribution is 2.19. The summed E-state index contributed by atoms with van der Waals surface area (Å²) in [5, 5.41) is 9.47. The van der Waals surface area contributed by atoms with Gasteiger partial charge in [0.2, 0.25) is 0 Å². The van der Waals surface area contributed by atoms with Crippen LogP contribution in [-0.4, -0.2) is 18.3 Å². The van der Waals surface area contributed by atoms with Gasteiger partial charge >= 0.3 is 0 Å². The Bertz CT molecular complexity index is 513. The molecule has 1 atom stereocenters. The summed E-state index contributed by atoms with van der Waals surface area (Å²) in [4.78, 5) is 0. The van der Waals surface area contributed by atoms with E-state index in [1.165, 1.54) is 5.56 Å². The molecule has 0 radical (unpaired) electrons. The highest BCUT2D eigenvalue weighted by Gasteiger charge is 2.09. The summed E-state index contributed by atoms with van der Waals surface area (Å²) in [5.41, 5.74) is 1.26. The Morgan fingerprint density at radius 1 is 1.05 bits per heavy atom. The minimum Gasteiger partial charge on any atom is -0.494 e. The number of rotatable bonds is 7.